The number of alkyl carbamates (subject to hydrolysis) is 1. The number of unbranched alkanes of at least 4 members (excludes halogenated alkanes) is 5. The summed E-state index contributed by atoms with van der Waals surface area (Å²) in [5.74, 6) is 0.0713. The summed E-state index contributed by atoms with van der Waals surface area (Å²) < 4.78 is 10.8. The average molecular weight is 407 g/mol. The van der Waals surface area contributed by atoms with E-state index >= 15 is 0 Å². The summed E-state index contributed by atoms with van der Waals surface area (Å²) in [6.07, 6.45) is 6.73. The maximum Gasteiger partial charge on any atom is 0.408 e. The Bertz CT molecular complexity index is 638. The molecule has 0 aliphatic carbocycles. The van der Waals surface area contributed by atoms with Gasteiger partial charge in [-0.25, -0.2) is 4.79 Å². The lowest BCUT2D eigenvalue weighted by Gasteiger charge is -2.21. The van der Waals surface area contributed by atoms with Gasteiger partial charge in [-0.05, 0) is 51.5 Å². The maximum atomic E-state index is 12.2. The highest BCUT2D eigenvalue weighted by atomic mass is 16.6. The quantitative estimate of drug-likeness (QED) is 0.304. The lowest BCUT2D eigenvalue weighted by atomic mass is 10.1. The van der Waals surface area contributed by atoms with Crippen molar-refractivity contribution in [3.63, 3.8) is 0 Å². The summed E-state index contributed by atoms with van der Waals surface area (Å²) in [5, 5.41) is 4.83. The van der Waals surface area contributed by atoms with E-state index in [1.807, 2.05) is 0 Å². The molecule has 0 saturated heterocycles. The highest BCUT2D eigenvalue weighted by molar-refractivity contribution is 6.05. The summed E-state index contributed by atoms with van der Waals surface area (Å²) in [5.41, 5.74) is -0.223. The number of amides is 2. The third-order valence-electron chi connectivity index (χ3n) is 3.98. The summed E-state index contributed by atoms with van der Waals surface area (Å²) in [6, 6.07) is 5.54. The second-order valence-electron chi connectivity index (χ2n) is 7.89. The van der Waals surface area contributed by atoms with Crippen LogP contribution < -0.4 is 15.4 Å². The smallest absolute Gasteiger partial charge is 0.408 e. The van der Waals surface area contributed by atoms with Crippen LogP contribution >= 0.6 is 0 Å². The van der Waals surface area contributed by atoms with Crippen LogP contribution in [0.25, 0.3) is 0 Å². The monoisotopic (exact) mass is 406 g/mol. The molecule has 0 aromatic heterocycles. The lowest BCUT2D eigenvalue weighted by molar-refractivity contribution is -0.122. The number of nitrogens with one attached hydrogen (secondary N) is 2. The van der Waals surface area contributed by atoms with E-state index in [1.165, 1.54) is 25.7 Å². The first-order valence-electron chi connectivity index (χ1n) is 10.2. The van der Waals surface area contributed by atoms with E-state index in [0.717, 1.165) is 18.6 Å². The van der Waals surface area contributed by atoms with Crippen molar-refractivity contribution < 1.29 is 23.9 Å². The highest BCUT2D eigenvalue weighted by Gasteiger charge is 2.24. The van der Waals surface area contributed by atoms with Crippen LogP contribution in [0.2, 0.25) is 0 Å². The molecule has 162 valence electrons. The van der Waals surface area contributed by atoms with Crippen molar-refractivity contribution in [1.29, 1.82) is 0 Å². The molecule has 2 N–H and O–H groups in total. The molecule has 0 unspecified atom stereocenters. The molecule has 1 rings (SSSR count). The van der Waals surface area contributed by atoms with Gasteiger partial charge in [0.25, 0.3) is 5.91 Å². The highest BCUT2D eigenvalue weighted by Crippen LogP contribution is 2.16. The van der Waals surface area contributed by atoms with Gasteiger partial charge in [0, 0.05) is 5.69 Å². The van der Waals surface area contributed by atoms with Gasteiger partial charge in [0.15, 0.2) is 12.3 Å². The molecule has 0 saturated carbocycles. The van der Waals surface area contributed by atoms with Gasteiger partial charge in [-0.15, -0.1) is 0 Å². The van der Waals surface area contributed by atoms with Gasteiger partial charge < -0.3 is 24.9 Å². The van der Waals surface area contributed by atoms with Gasteiger partial charge in [-0.3, -0.25) is 4.79 Å². The third-order valence-corrected chi connectivity index (χ3v) is 3.98. The molecule has 0 bridgehead atoms. The zero-order chi connectivity index (χ0) is 21.7. The molecular weight excluding hydrogens is 372 g/mol. The van der Waals surface area contributed by atoms with E-state index in [9.17, 15) is 14.4 Å². The first kappa shape index (κ1) is 24.5. The largest absolute Gasteiger partial charge is 0.494 e. The fraction of sp³-hybridized carbons (Fsp3) is 0.591. The van der Waals surface area contributed by atoms with E-state index in [0.29, 0.717) is 18.6 Å². The zero-order valence-corrected chi connectivity index (χ0v) is 18.0. The van der Waals surface area contributed by atoms with E-state index in [2.05, 4.69) is 17.6 Å². The summed E-state index contributed by atoms with van der Waals surface area (Å²) in [6.45, 7) is 7.94. The van der Waals surface area contributed by atoms with Crippen molar-refractivity contribution in [2.24, 2.45) is 0 Å². The summed E-state index contributed by atoms with van der Waals surface area (Å²) in [4.78, 5) is 35.1. The number of hydrogen-bond donors (Lipinski definition) is 2. The van der Waals surface area contributed by atoms with Gasteiger partial charge in [0.05, 0.1) is 6.61 Å². The number of anilines is 1. The second-order valence-corrected chi connectivity index (χ2v) is 7.89. The SMILES string of the molecule is CCCCCCCCOc1ccc(NC(=O)[C@H](C=O)NC(=O)OC(C)(C)C)cc1. The Hall–Kier alpha value is -2.57. The Morgan fingerprint density at radius 3 is 2.24 bits per heavy atom. The number of aldehydes is 1. The van der Waals surface area contributed by atoms with Crippen LogP contribution in [0.1, 0.15) is 66.2 Å². The molecule has 1 atom stereocenters. The van der Waals surface area contributed by atoms with Crippen LogP contribution in [0.15, 0.2) is 24.3 Å². The second kappa shape index (κ2) is 12.8. The molecular formula is C22H34N2O5. The molecule has 1 aromatic rings. The molecule has 0 heterocycles. The zero-order valence-electron chi connectivity index (χ0n) is 18.0. The molecule has 2 amide bonds. The van der Waals surface area contributed by atoms with Crippen LogP contribution in [-0.2, 0) is 14.3 Å². The normalized spacial score (nSPS) is 12.0. The first-order valence-corrected chi connectivity index (χ1v) is 10.2. The Kier molecular flexibility index (Phi) is 10.8. The number of benzene rings is 1. The van der Waals surface area contributed by atoms with Gasteiger partial charge in [-0.2, -0.15) is 0 Å². The molecule has 0 aliphatic heterocycles. The van der Waals surface area contributed by atoms with Crippen molar-refractivity contribution in [3.8, 4) is 5.75 Å². The standard InChI is InChI=1S/C22H34N2O5/c1-5-6-7-8-9-10-15-28-18-13-11-17(12-14-18)23-20(26)19(16-25)24-21(27)29-22(2,3)4/h11-14,16,19H,5-10,15H2,1-4H3,(H,23,26)(H,24,27)/t19-/m0/s1. The Balaban J connectivity index is 2.41. The van der Waals surface area contributed by atoms with Crippen LogP contribution in [-0.4, -0.2) is 36.5 Å². The van der Waals surface area contributed by atoms with Gasteiger partial charge in [0.1, 0.15) is 11.4 Å². The lowest BCUT2D eigenvalue weighted by Crippen LogP contribution is -2.46. The molecule has 0 fully saturated rings. The van der Waals surface area contributed by atoms with Crippen molar-refractivity contribution in [2.45, 2.75) is 77.9 Å². The summed E-state index contributed by atoms with van der Waals surface area (Å²) >= 11 is 0. The summed E-state index contributed by atoms with van der Waals surface area (Å²) in [7, 11) is 0. The van der Waals surface area contributed by atoms with Crippen LogP contribution in [0.5, 0.6) is 5.75 Å². The van der Waals surface area contributed by atoms with E-state index in [4.69, 9.17) is 9.47 Å². The van der Waals surface area contributed by atoms with Crippen LogP contribution in [0.3, 0.4) is 0 Å². The minimum absolute atomic E-state index is 0.358. The molecule has 0 aliphatic rings. The van der Waals surface area contributed by atoms with Crippen LogP contribution in [0, 0.1) is 0 Å². The van der Waals surface area contributed by atoms with E-state index in [-0.39, 0.29) is 0 Å². The molecule has 0 spiro atoms. The van der Waals surface area contributed by atoms with Gasteiger partial charge in [0.2, 0.25) is 0 Å². The topological polar surface area (TPSA) is 93.7 Å². The predicted molar refractivity (Wildman–Crippen MR) is 113 cm³/mol. The molecule has 1 aromatic carbocycles. The number of carbonyl (C=O) groups is 3. The van der Waals surface area contributed by atoms with Crippen molar-refractivity contribution in [3.05, 3.63) is 24.3 Å². The number of rotatable bonds is 12. The number of ether oxygens (including phenoxy) is 2. The molecule has 7 heteroatoms. The minimum Gasteiger partial charge on any atom is -0.494 e. The third kappa shape index (κ3) is 11.1. The van der Waals surface area contributed by atoms with E-state index in [1.54, 1.807) is 45.0 Å². The van der Waals surface area contributed by atoms with Crippen molar-refractivity contribution in [2.75, 3.05) is 11.9 Å². The van der Waals surface area contributed by atoms with Crippen LogP contribution in [0.4, 0.5) is 10.5 Å². The average Bonchev–Trinajstić information content (AvgIpc) is 2.65. The fourth-order valence-corrected chi connectivity index (χ4v) is 2.52. The fourth-order valence-electron chi connectivity index (χ4n) is 2.52. The molecule has 0 radical (unpaired) electrons. The van der Waals surface area contributed by atoms with Gasteiger partial charge in [-0.1, -0.05) is 39.0 Å². The molecule has 7 nitrogen and oxygen atoms in total. The minimum atomic E-state index is -1.34. The first-order chi connectivity index (χ1) is 13.7. The number of hydrogen-bond acceptors (Lipinski definition) is 5. The maximum absolute atomic E-state index is 12.2. The Morgan fingerprint density at radius 1 is 1.03 bits per heavy atom. The number of carbonyl (C=O) groups excluding carboxylic acids is 3. The van der Waals surface area contributed by atoms with Crippen molar-refractivity contribution >= 4 is 24.0 Å². The predicted octanol–water partition coefficient (Wildman–Crippen LogP) is 4.46. The molecule has 29 heavy (non-hydrogen) atoms. The van der Waals surface area contributed by atoms with Crippen molar-refractivity contribution in [1.82, 2.24) is 5.32 Å². The Morgan fingerprint density at radius 2 is 1.66 bits per heavy atom. The van der Waals surface area contributed by atoms with E-state index < -0.39 is 23.6 Å². The van der Waals surface area contributed by atoms with Gasteiger partial charge >= 0.3 is 6.09 Å². The Labute approximate surface area is 173 Å².